The molecule has 0 unspecified atom stereocenters. The molecule has 0 aromatic carbocycles. The van der Waals surface area contributed by atoms with Crippen molar-refractivity contribution in [3.63, 3.8) is 0 Å². The van der Waals surface area contributed by atoms with Crippen LogP contribution in [0.15, 0.2) is 43.2 Å². The van der Waals surface area contributed by atoms with Gasteiger partial charge >= 0.3 is 5.97 Å². The summed E-state index contributed by atoms with van der Waals surface area (Å²) in [4.78, 5) is 92.8. The topological polar surface area (TPSA) is 220 Å². The Morgan fingerprint density at radius 3 is 1.49 bits per heavy atom. The molecule has 68 heavy (non-hydrogen) atoms. The van der Waals surface area contributed by atoms with E-state index in [0.717, 1.165) is 74.9 Å². The van der Waals surface area contributed by atoms with Crippen LogP contribution in [-0.4, -0.2) is 64.9 Å². The molecule has 2 spiro atoms. The summed E-state index contributed by atoms with van der Waals surface area (Å²) in [6.45, 7) is 9.10. The van der Waals surface area contributed by atoms with E-state index in [9.17, 15) is 28.8 Å². The number of pyridine rings is 2. The third kappa shape index (κ3) is 10.1. The number of rotatable bonds is 14. The van der Waals surface area contributed by atoms with Crippen molar-refractivity contribution in [3.05, 3.63) is 109 Å². The van der Waals surface area contributed by atoms with Gasteiger partial charge < -0.3 is 30.2 Å². The van der Waals surface area contributed by atoms with Gasteiger partial charge in [-0.25, -0.2) is 24.7 Å². The number of aromatic carboxylic acids is 1. The average Bonchev–Trinajstić information content (AvgIpc) is 3.72. The first-order chi connectivity index (χ1) is 32.5. The molecule has 0 atom stereocenters. The van der Waals surface area contributed by atoms with Crippen LogP contribution in [0.3, 0.4) is 0 Å². The molecule has 0 bridgehead atoms. The van der Waals surface area contributed by atoms with Crippen LogP contribution >= 0.6 is 45.3 Å². The second-order valence-corrected chi connectivity index (χ2v) is 23.2. The highest BCUT2D eigenvalue weighted by molar-refractivity contribution is 8.37. The van der Waals surface area contributed by atoms with Gasteiger partial charge in [0, 0.05) is 83.3 Å². The van der Waals surface area contributed by atoms with E-state index in [0.29, 0.717) is 74.5 Å². The van der Waals surface area contributed by atoms with Crippen LogP contribution in [0.5, 0.6) is 0 Å². The van der Waals surface area contributed by atoms with Crippen molar-refractivity contribution in [3.8, 4) is 21.4 Å². The number of aromatic nitrogens is 6. The van der Waals surface area contributed by atoms with E-state index in [-0.39, 0.29) is 52.2 Å². The van der Waals surface area contributed by atoms with Crippen LogP contribution in [0.1, 0.15) is 140 Å². The standard InChI is InChI=1S/C23H25N5O3S2.C22H22N4O4S2.S3/c1-12(2)4-5-16-19-13(23(6-7-23)27-21(19)31)8-18(29)28(16)9-17-25-15(11-32-17)22-26-14(10-33-22)20(30)24-3;1-11(2)3-4-15-18-12(22(5-6-22)25-19(18)28)7-17(27)26(15)8-16-23-13(9-31-16)20-24-14(10-32-20)21(29)30;1-3-2/h8,10-12H,4-7,9H2,1-3H3,(H,24,30)(H,27,31);7,9-11H,3-6,8H2,1-2H3,(H,25,28)(H,29,30);. The van der Waals surface area contributed by atoms with Gasteiger partial charge in [-0.3, -0.25) is 24.0 Å². The maximum absolute atomic E-state index is 13.2. The number of fused-ring (bicyclic) bond motifs is 4. The van der Waals surface area contributed by atoms with Crippen molar-refractivity contribution in [2.24, 2.45) is 11.8 Å². The van der Waals surface area contributed by atoms with Crippen molar-refractivity contribution in [2.45, 2.75) is 103 Å². The average molecular weight is 1050 g/mol. The monoisotopic (exact) mass is 1050 g/mol. The molecular formula is C45H47N9O7S7. The van der Waals surface area contributed by atoms with E-state index in [4.69, 9.17) is 5.11 Å². The molecule has 356 valence electrons. The van der Waals surface area contributed by atoms with Gasteiger partial charge in [-0.1, -0.05) is 27.7 Å². The number of nitrogens with zero attached hydrogens (tertiary/aromatic N) is 6. The maximum atomic E-state index is 13.2. The minimum atomic E-state index is -1.07. The Kier molecular flexibility index (Phi) is 14.6. The zero-order valence-electron chi connectivity index (χ0n) is 37.6. The van der Waals surface area contributed by atoms with E-state index >= 15 is 0 Å². The van der Waals surface area contributed by atoms with E-state index in [1.807, 2.05) is 10.8 Å². The highest BCUT2D eigenvalue weighted by atomic mass is 33.1. The van der Waals surface area contributed by atoms with Crippen LogP contribution in [0.2, 0.25) is 0 Å². The second-order valence-electron chi connectivity index (χ2n) is 17.8. The van der Waals surface area contributed by atoms with E-state index < -0.39 is 5.97 Å². The fourth-order valence-corrected chi connectivity index (χ4v) is 11.6. The molecule has 8 heterocycles. The molecule has 4 aliphatic rings. The predicted octanol–water partition coefficient (Wildman–Crippen LogP) is 6.65. The van der Waals surface area contributed by atoms with Gasteiger partial charge in [0.05, 0.1) is 35.3 Å². The number of thiazole rings is 4. The lowest BCUT2D eigenvalue weighted by atomic mass is 9.97. The molecular weight excluding hydrogens is 1000 g/mol. The lowest BCUT2D eigenvalue weighted by molar-refractivity contribution is 0.0690. The molecule has 6 aromatic rings. The Hall–Kier alpha value is -5.04. The van der Waals surface area contributed by atoms with Crippen LogP contribution in [0, 0.1) is 11.8 Å². The normalized spacial score (nSPS) is 15.3. The minimum absolute atomic E-state index is 0.00891. The fraction of sp³-hybridized carbons (Fsp3) is 0.422. The minimum Gasteiger partial charge on any atom is -0.476 e. The molecule has 6 aromatic heterocycles. The quantitative estimate of drug-likeness (QED) is 0.0900. The maximum Gasteiger partial charge on any atom is 0.355 e. The van der Waals surface area contributed by atoms with Crippen molar-refractivity contribution < 1.29 is 24.3 Å². The Bertz CT molecular complexity index is 3130. The lowest BCUT2D eigenvalue weighted by Crippen LogP contribution is -2.27. The molecule has 3 amide bonds. The van der Waals surface area contributed by atoms with Gasteiger partial charge in [0.15, 0.2) is 5.69 Å². The largest absolute Gasteiger partial charge is 0.476 e. The molecule has 0 radical (unpaired) electrons. The second kappa shape index (κ2) is 20.1. The van der Waals surface area contributed by atoms with Crippen LogP contribution in [0.25, 0.3) is 21.4 Å². The Morgan fingerprint density at radius 1 is 0.706 bits per heavy atom. The molecule has 2 aliphatic carbocycles. The van der Waals surface area contributed by atoms with Crippen LogP contribution in [0.4, 0.5) is 0 Å². The first kappa shape index (κ1) is 49.4. The first-order valence-electron chi connectivity index (χ1n) is 21.9. The van der Waals surface area contributed by atoms with E-state index in [2.05, 4.69) is 86.0 Å². The number of carboxylic acids is 1. The number of hydrogen-bond acceptors (Lipinski definition) is 16. The molecule has 23 heteroatoms. The lowest BCUT2D eigenvalue weighted by Gasteiger charge is -2.17. The van der Waals surface area contributed by atoms with Crippen molar-refractivity contribution >= 4 is 100 Å². The highest BCUT2D eigenvalue weighted by Crippen LogP contribution is 2.51. The summed E-state index contributed by atoms with van der Waals surface area (Å²) in [6, 6.07) is 3.26. The van der Waals surface area contributed by atoms with Gasteiger partial charge in [-0.05, 0) is 74.3 Å². The summed E-state index contributed by atoms with van der Waals surface area (Å²) in [5, 5.41) is 27.4. The van der Waals surface area contributed by atoms with Crippen LogP contribution < -0.4 is 27.1 Å². The Morgan fingerprint density at radius 2 is 1.12 bits per heavy atom. The summed E-state index contributed by atoms with van der Waals surface area (Å²) in [5.74, 6) is -0.579. The summed E-state index contributed by atoms with van der Waals surface area (Å²) in [5.41, 5.74) is 5.40. The van der Waals surface area contributed by atoms with Gasteiger partial charge in [0.2, 0.25) is 0 Å². The number of hydrogen-bond donors (Lipinski definition) is 4. The molecule has 2 fully saturated rings. The SMILES string of the molecule is CC(C)CCc1c2c(cc(=O)n1Cc1nc(-c3nc(C(=O)O)cs3)cs1)C1(CC1)NC2=O.CNC(=O)c1csc(-c2csc(Cn3c(CCC(C)C)c4c(cc3=O)C3(CC3)NC4=O)n2)n1.S=S=S. The van der Waals surface area contributed by atoms with Gasteiger partial charge in [-0.2, -0.15) is 0 Å². The van der Waals surface area contributed by atoms with Crippen LogP contribution in [-0.2, 0) is 68.3 Å². The third-order valence-corrected chi connectivity index (χ3v) is 15.7. The zero-order chi connectivity index (χ0) is 48.7. The summed E-state index contributed by atoms with van der Waals surface area (Å²) >= 11 is 13.7. The van der Waals surface area contributed by atoms with Crippen molar-refractivity contribution in [1.29, 1.82) is 0 Å². The molecule has 4 N–H and O–H groups in total. The molecule has 10 rings (SSSR count). The summed E-state index contributed by atoms with van der Waals surface area (Å²) in [7, 11) is 2.48. The Balaban J connectivity index is 0.000000174. The summed E-state index contributed by atoms with van der Waals surface area (Å²) < 4.78 is 3.39. The van der Waals surface area contributed by atoms with Crippen molar-refractivity contribution in [2.75, 3.05) is 7.05 Å². The first-order valence-corrected chi connectivity index (χ1v) is 28.1. The number of nitrogens with one attached hydrogen (secondary N) is 3. The smallest absolute Gasteiger partial charge is 0.355 e. The number of amides is 3. The predicted molar refractivity (Wildman–Crippen MR) is 272 cm³/mol. The van der Waals surface area contributed by atoms with Gasteiger partial charge in [0.25, 0.3) is 28.8 Å². The summed E-state index contributed by atoms with van der Waals surface area (Å²) in [6.07, 6.45) is 6.60. The number of carbonyl (C=O) groups is 4. The Labute approximate surface area is 419 Å². The van der Waals surface area contributed by atoms with Gasteiger partial charge in [-0.15, -0.1) is 45.3 Å². The molecule has 2 aliphatic heterocycles. The molecule has 0 saturated heterocycles. The van der Waals surface area contributed by atoms with E-state index in [1.165, 1.54) is 50.7 Å². The zero-order valence-corrected chi connectivity index (χ0v) is 43.3. The number of carbonyl (C=O) groups excluding carboxylic acids is 3. The number of carboxylic acid groups (broad SMARTS) is 1. The van der Waals surface area contributed by atoms with Gasteiger partial charge in [0.1, 0.15) is 37.1 Å². The third-order valence-electron chi connectivity index (χ3n) is 12.3. The molecule has 2 saturated carbocycles. The molecule has 16 nitrogen and oxygen atoms in total. The fourth-order valence-electron chi connectivity index (χ4n) is 8.45. The highest BCUT2D eigenvalue weighted by Gasteiger charge is 2.54. The van der Waals surface area contributed by atoms with E-state index in [1.54, 1.807) is 33.7 Å². The van der Waals surface area contributed by atoms with Crippen molar-refractivity contribution in [1.82, 2.24) is 45.0 Å².